The van der Waals surface area contributed by atoms with Gasteiger partial charge in [0.15, 0.2) is 5.82 Å². The summed E-state index contributed by atoms with van der Waals surface area (Å²) in [6.07, 6.45) is 1.87. The minimum absolute atomic E-state index is 0.0892. The SMILES string of the molecule is CC(CN1CCc2c(nc(-c3ccccn3)[nH]c2=O)C1)NC(=O)OC(C)(C)C. The van der Waals surface area contributed by atoms with Gasteiger partial charge >= 0.3 is 6.09 Å². The van der Waals surface area contributed by atoms with Crippen LogP contribution in [0.3, 0.4) is 0 Å². The number of fused-ring (bicyclic) bond motifs is 1. The first kappa shape index (κ1) is 20.0. The van der Waals surface area contributed by atoms with E-state index in [1.807, 2.05) is 45.9 Å². The molecule has 0 aromatic carbocycles. The van der Waals surface area contributed by atoms with Gasteiger partial charge in [0, 0.05) is 37.4 Å². The van der Waals surface area contributed by atoms with E-state index < -0.39 is 11.7 Å². The van der Waals surface area contributed by atoms with Gasteiger partial charge in [-0.3, -0.25) is 14.7 Å². The van der Waals surface area contributed by atoms with Crippen molar-refractivity contribution >= 4 is 6.09 Å². The second-order valence-electron chi connectivity index (χ2n) is 8.09. The van der Waals surface area contributed by atoms with Gasteiger partial charge < -0.3 is 15.0 Å². The van der Waals surface area contributed by atoms with Crippen LogP contribution in [0, 0.1) is 0 Å². The zero-order valence-electron chi connectivity index (χ0n) is 16.8. The maximum absolute atomic E-state index is 12.4. The van der Waals surface area contributed by atoms with Crippen LogP contribution in [0.5, 0.6) is 0 Å². The molecule has 0 aliphatic carbocycles. The Morgan fingerprint density at radius 3 is 2.86 bits per heavy atom. The molecule has 2 aromatic rings. The van der Waals surface area contributed by atoms with Crippen molar-refractivity contribution in [2.75, 3.05) is 13.1 Å². The van der Waals surface area contributed by atoms with E-state index in [0.717, 1.165) is 17.8 Å². The molecule has 1 unspecified atom stereocenters. The lowest BCUT2D eigenvalue weighted by atomic mass is 10.1. The van der Waals surface area contributed by atoms with Crippen molar-refractivity contribution in [3.63, 3.8) is 0 Å². The highest BCUT2D eigenvalue weighted by atomic mass is 16.6. The Balaban J connectivity index is 1.67. The van der Waals surface area contributed by atoms with Gasteiger partial charge in [0.25, 0.3) is 5.56 Å². The normalized spacial score (nSPS) is 15.6. The summed E-state index contributed by atoms with van der Waals surface area (Å²) < 4.78 is 5.30. The van der Waals surface area contributed by atoms with Gasteiger partial charge in [0.1, 0.15) is 11.3 Å². The molecule has 3 rings (SSSR count). The summed E-state index contributed by atoms with van der Waals surface area (Å²) in [5, 5.41) is 2.86. The highest BCUT2D eigenvalue weighted by Crippen LogP contribution is 2.17. The van der Waals surface area contributed by atoms with E-state index in [0.29, 0.717) is 31.0 Å². The van der Waals surface area contributed by atoms with Crippen molar-refractivity contribution in [2.24, 2.45) is 0 Å². The molecule has 1 atom stereocenters. The second kappa shape index (κ2) is 8.10. The van der Waals surface area contributed by atoms with Crippen LogP contribution in [0.1, 0.15) is 39.0 Å². The Kier molecular flexibility index (Phi) is 5.79. The number of nitrogens with one attached hydrogen (secondary N) is 2. The lowest BCUT2D eigenvalue weighted by Gasteiger charge is -2.30. The van der Waals surface area contributed by atoms with Crippen LogP contribution < -0.4 is 10.9 Å². The van der Waals surface area contributed by atoms with Crippen LogP contribution in [-0.4, -0.2) is 50.7 Å². The Morgan fingerprint density at radius 1 is 1.39 bits per heavy atom. The molecule has 1 aliphatic heterocycles. The molecule has 2 aromatic heterocycles. The number of amides is 1. The highest BCUT2D eigenvalue weighted by molar-refractivity contribution is 5.68. The molecule has 150 valence electrons. The molecule has 2 N–H and O–H groups in total. The summed E-state index contributed by atoms with van der Waals surface area (Å²) in [4.78, 5) is 38.3. The summed E-state index contributed by atoms with van der Waals surface area (Å²) in [7, 11) is 0. The fraction of sp³-hybridized carbons (Fsp3) is 0.500. The topological polar surface area (TPSA) is 100 Å². The molecule has 0 fully saturated rings. The predicted molar refractivity (Wildman–Crippen MR) is 106 cm³/mol. The number of carbonyl (C=O) groups excluding carboxylic acids is 1. The summed E-state index contributed by atoms with van der Waals surface area (Å²) in [5.41, 5.74) is 1.49. The van der Waals surface area contributed by atoms with Gasteiger partial charge in [-0.25, -0.2) is 9.78 Å². The van der Waals surface area contributed by atoms with E-state index in [-0.39, 0.29) is 11.6 Å². The Hall–Kier alpha value is -2.74. The third-order valence-corrected chi connectivity index (χ3v) is 4.36. The fourth-order valence-electron chi connectivity index (χ4n) is 3.22. The Labute approximate surface area is 164 Å². The van der Waals surface area contributed by atoms with E-state index in [1.165, 1.54) is 0 Å². The van der Waals surface area contributed by atoms with E-state index >= 15 is 0 Å². The number of nitrogens with zero attached hydrogens (tertiary/aromatic N) is 3. The van der Waals surface area contributed by atoms with E-state index in [1.54, 1.807) is 6.20 Å². The molecule has 8 nitrogen and oxygen atoms in total. The number of carbonyl (C=O) groups is 1. The van der Waals surface area contributed by atoms with Crippen LogP contribution in [0.4, 0.5) is 4.79 Å². The van der Waals surface area contributed by atoms with Gasteiger partial charge in [-0.15, -0.1) is 0 Å². The summed E-state index contributed by atoms with van der Waals surface area (Å²) in [5.74, 6) is 0.478. The minimum Gasteiger partial charge on any atom is -0.444 e. The third-order valence-electron chi connectivity index (χ3n) is 4.36. The smallest absolute Gasteiger partial charge is 0.407 e. The number of pyridine rings is 1. The number of alkyl carbamates (subject to hydrolysis) is 1. The van der Waals surface area contributed by atoms with Gasteiger partial charge in [0.2, 0.25) is 0 Å². The van der Waals surface area contributed by atoms with Crippen molar-refractivity contribution in [3.8, 4) is 11.5 Å². The zero-order chi connectivity index (χ0) is 20.3. The van der Waals surface area contributed by atoms with E-state index in [2.05, 4.69) is 25.2 Å². The van der Waals surface area contributed by atoms with Crippen LogP contribution in [-0.2, 0) is 17.7 Å². The van der Waals surface area contributed by atoms with Gasteiger partial charge in [-0.1, -0.05) is 6.07 Å². The standard InChI is InChI=1S/C20H27N5O3/c1-13(22-19(27)28-20(2,3)4)11-25-10-8-14-16(12-25)23-17(24-18(14)26)15-7-5-6-9-21-15/h5-7,9,13H,8,10-12H2,1-4H3,(H,22,27)(H,23,24,26). The molecular formula is C20H27N5O3. The Morgan fingerprint density at radius 2 is 2.18 bits per heavy atom. The highest BCUT2D eigenvalue weighted by Gasteiger charge is 2.24. The van der Waals surface area contributed by atoms with Crippen molar-refractivity contribution in [2.45, 2.75) is 52.3 Å². The van der Waals surface area contributed by atoms with Gasteiger partial charge in [0.05, 0.1) is 5.69 Å². The molecule has 0 saturated carbocycles. The van der Waals surface area contributed by atoms with E-state index in [9.17, 15) is 9.59 Å². The number of hydrogen-bond acceptors (Lipinski definition) is 6. The largest absolute Gasteiger partial charge is 0.444 e. The zero-order valence-corrected chi connectivity index (χ0v) is 16.8. The lowest BCUT2D eigenvalue weighted by molar-refractivity contribution is 0.0495. The van der Waals surface area contributed by atoms with Crippen molar-refractivity contribution < 1.29 is 9.53 Å². The molecular weight excluding hydrogens is 358 g/mol. The predicted octanol–water partition coefficient (Wildman–Crippen LogP) is 2.10. The monoisotopic (exact) mass is 385 g/mol. The average Bonchev–Trinajstić information content (AvgIpc) is 2.60. The van der Waals surface area contributed by atoms with Crippen molar-refractivity contribution in [1.82, 2.24) is 25.2 Å². The Bertz CT molecular complexity index is 889. The molecule has 3 heterocycles. The maximum Gasteiger partial charge on any atom is 0.407 e. The number of aromatic amines is 1. The molecule has 1 amide bonds. The number of rotatable bonds is 4. The van der Waals surface area contributed by atoms with Crippen molar-refractivity contribution in [3.05, 3.63) is 46.0 Å². The molecule has 8 heteroatoms. The first-order valence-corrected chi connectivity index (χ1v) is 9.46. The number of H-pyrrole nitrogens is 1. The summed E-state index contributed by atoms with van der Waals surface area (Å²) >= 11 is 0. The average molecular weight is 385 g/mol. The molecule has 28 heavy (non-hydrogen) atoms. The van der Waals surface area contributed by atoms with Crippen molar-refractivity contribution in [1.29, 1.82) is 0 Å². The first-order valence-electron chi connectivity index (χ1n) is 9.46. The fourth-order valence-corrected chi connectivity index (χ4v) is 3.22. The van der Waals surface area contributed by atoms with Crippen LogP contribution in [0.15, 0.2) is 29.2 Å². The van der Waals surface area contributed by atoms with Crippen LogP contribution >= 0.6 is 0 Å². The molecule has 0 bridgehead atoms. The maximum atomic E-state index is 12.4. The summed E-state index contributed by atoms with van der Waals surface area (Å²) in [6, 6.07) is 5.41. The van der Waals surface area contributed by atoms with Gasteiger partial charge in [-0.2, -0.15) is 0 Å². The first-order chi connectivity index (χ1) is 13.2. The second-order valence-corrected chi connectivity index (χ2v) is 8.09. The number of hydrogen-bond donors (Lipinski definition) is 2. The quantitative estimate of drug-likeness (QED) is 0.836. The van der Waals surface area contributed by atoms with Crippen LogP contribution in [0.2, 0.25) is 0 Å². The lowest BCUT2D eigenvalue weighted by Crippen LogP contribution is -2.46. The third kappa shape index (κ3) is 5.16. The van der Waals surface area contributed by atoms with Crippen LogP contribution in [0.25, 0.3) is 11.5 Å². The minimum atomic E-state index is -0.527. The molecule has 0 radical (unpaired) electrons. The summed E-state index contributed by atoms with van der Waals surface area (Å²) in [6.45, 7) is 9.38. The molecule has 0 spiro atoms. The van der Waals surface area contributed by atoms with Gasteiger partial charge in [-0.05, 0) is 46.2 Å². The number of ether oxygens (including phenoxy) is 1. The van der Waals surface area contributed by atoms with E-state index in [4.69, 9.17) is 4.74 Å². The number of aromatic nitrogens is 3. The molecule has 0 saturated heterocycles. The molecule has 1 aliphatic rings.